The topological polar surface area (TPSA) is 18.5 Å². The van der Waals surface area contributed by atoms with Gasteiger partial charge in [0.1, 0.15) is 0 Å². The summed E-state index contributed by atoms with van der Waals surface area (Å²) in [5.41, 5.74) is 0. The molecule has 0 bridgehead atoms. The van der Waals surface area contributed by atoms with Crippen molar-refractivity contribution in [3.8, 4) is 0 Å². The Bertz CT molecular complexity index is 800. The second-order valence-electron chi connectivity index (χ2n) is 7.29. The van der Waals surface area contributed by atoms with Gasteiger partial charge in [0.05, 0.1) is 0 Å². The van der Waals surface area contributed by atoms with Gasteiger partial charge in [-0.3, -0.25) is 0 Å². The summed E-state index contributed by atoms with van der Waals surface area (Å²) in [6.45, 7) is 8.87. The Morgan fingerprint density at radius 3 is 1.48 bits per heavy atom. The van der Waals surface area contributed by atoms with E-state index in [-0.39, 0.29) is 0 Å². The van der Waals surface area contributed by atoms with Crippen LogP contribution < -0.4 is 15.6 Å². The van der Waals surface area contributed by atoms with Crippen LogP contribution in [0.1, 0.15) is 0 Å². The van der Waals surface area contributed by atoms with Crippen LogP contribution in [0.2, 0.25) is 26.2 Å². The first-order valence-corrected chi connectivity index (χ1v) is 16.4. The summed E-state index contributed by atoms with van der Waals surface area (Å²) in [5, 5.41) is 3.85. The van der Waals surface area contributed by atoms with E-state index in [9.17, 15) is 0 Å². The fourth-order valence-corrected chi connectivity index (χ4v) is 14.9. The SMILES string of the molecule is C[Si](O[Si](C)(C)O[Si](C)(c1ccccc1)c1ccccc1)c1ccccc1. The number of rotatable bonds is 7. The smallest absolute Gasteiger partial charge is 0.311 e. The molecule has 0 saturated heterocycles. The molecule has 3 aromatic carbocycles. The highest BCUT2D eigenvalue weighted by molar-refractivity contribution is 7.01. The molecule has 2 nitrogen and oxygen atoms in total. The van der Waals surface area contributed by atoms with Crippen molar-refractivity contribution in [2.24, 2.45) is 0 Å². The van der Waals surface area contributed by atoms with Gasteiger partial charge in [-0.1, -0.05) is 91.0 Å². The van der Waals surface area contributed by atoms with Gasteiger partial charge in [-0.2, -0.15) is 0 Å². The van der Waals surface area contributed by atoms with Crippen molar-refractivity contribution in [3.05, 3.63) is 91.0 Å². The monoisotopic (exact) mass is 407 g/mol. The average molecular weight is 408 g/mol. The molecule has 0 saturated carbocycles. The van der Waals surface area contributed by atoms with Crippen LogP contribution in [0.3, 0.4) is 0 Å². The summed E-state index contributed by atoms with van der Waals surface area (Å²) >= 11 is 0. The molecule has 139 valence electrons. The highest BCUT2D eigenvalue weighted by Crippen LogP contribution is 2.17. The Hall–Kier alpha value is -1.77. The van der Waals surface area contributed by atoms with Crippen molar-refractivity contribution in [3.63, 3.8) is 0 Å². The zero-order valence-corrected chi connectivity index (χ0v) is 19.5. The van der Waals surface area contributed by atoms with Crippen molar-refractivity contribution < 1.29 is 8.23 Å². The first-order valence-electron chi connectivity index (χ1n) is 9.30. The molecule has 0 heterocycles. The first kappa shape index (κ1) is 20.0. The van der Waals surface area contributed by atoms with E-state index in [1.54, 1.807) is 0 Å². The minimum atomic E-state index is -2.35. The molecule has 1 radical (unpaired) electrons. The molecule has 27 heavy (non-hydrogen) atoms. The van der Waals surface area contributed by atoms with E-state index >= 15 is 0 Å². The van der Waals surface area contributed by atoms with E-state index in [4.69, 9.17) is 8.23 Å². The highest BCUT2D eigenvalue weighted by atomic mass is 28.5. The van der Waals surface area contributed by atoms with E-state index in [1.807, 2.05) is 6.07 Å². The number of hydrogen-bond donors (Lipinski definition) is 0. The molecule has 0 aliphatic rings. The largest absolute Gasteiger partial charge is 0.432 e. The Balaban J connectivity index is 1.89. The average Bonchev–Trinajstić information content (AvgIpc) is 2.69. The van der Waals surface area contributed by atoms with Crippen molar-refractivity contribution in [2.75, 3.05) is 0 Å². The highest BCUT2D eigenvalue weighted by Gasteiger charge is 2.42. The van der Waals surface area contributed by atoms with Crippen molar-refractivity contribution in [1.29, 1.82) is 0 Å². The maximum absolute atomic E-state index is 6.97. The van der Waals surface area contributed by atoms with Crippen LogP contribution >= 0.6 is 0 Å². The Morgan fingerprint density at radius 2 is 1.04 bits per heavy atom. The molecule has 3 aromatic rings. The normalized spacial score (nSPS) is 12.3. The quantitative estimate of drug-likeness (QED) is 0.557. The molecule has 0 amide bonds. The standard InChI is InChI=1S/C22H27O2Si3/c1-25(20-14-8-5-9-15-20)23-26(2,3)24-27(4,21-16-10-6-11-17-21)22-18-12-7-13-19-22/h5-19H,1-4H3. The minimum Gasteiger partial charge on any atom is -0.432 e. The van der Waals surface area contributed by atoms with Gasteiger partial charge in [-0.15, -0.1) is 0 Å². The Labute approximate surface area is 166 Å². The lowest BCUT2D eigenvalue weighted by Gasteiger charge is -2.37. The molecule has 0 N–H and O–H groups in total. The molecule has 0 unspecified atom stereocenters. The Morgan fingerprint density at radius 1 is 0.630 bits per heavy atom. The second-order valence-corrected chi connectivity index (χ2v) is 16.6. The van der Waals surface area contributed by atoms with Crippen LogP contribution in [0, 0.1) is 0 Å². The molecular weight excluding hydrogens is 380 g/mol. The van der Waals surface area contributed by atoms with Crippen LogP contribution in [0.5, 0.6) is 0 Å². The van der Waals surface area contributed by atoms with Crippen LogP contribution in [0.4, 0.5) is 0 Å². The molecule has 0 aromatic heterocycles. The van der Waals surface area contributed by atoms with Gasteiger partial charge in [0.2, 0.25) is 17.4 Å². The molecular formula is C22H27O2Si3. The molecule has 0 fully saturated rings. The van der Waals surface area contributed by atoms with Crippen LogP contribution in [-0.4, -0.2) is 25.9 Å². The van der Waals surface area contributed by atoms with Gasteiger partial charge >= 0.3 is 8.56 Å². The maximum Gasteiger partial charge on any atom is 0.311 e. The summed E-state index contributed by atoms with van der Waals surface area (Å²) in [6, 6.07) is 31.8. The number of hydrogen-bond acceptors (Lipinski definition) is 2. The van der Waals surface area contributed by atoms with Crippen LogP contribution in [0.25, 0.3) is 0 Å². The molecule has 0 spiro atoms. The third-order valence-corrected chi connectivity index (χ3v) is 15.5. The zero-order valence-electron chi connectivity index (χ0n) is 16.5. The van der Waals surface area contributed by atoms with Crippen molar-refractivity contribution in [2.45, 2.75) is 26.2 Å². The van der Waals surface area contributed by atoms with E-state index in [0.29, 0.717) is 0 Å². The van der Waals surface area contributed by atoms with E-state index in [0.717, 1.165) is 0 Å². The summed E-state index contributed by atoms with van der Waals surface area (Å²) < 4.78 is 13.6. The van der Waals surface area contributed by atoms with Gasteiger partial charge in [0, 0.05) is 0 Å². The Kier molecular flexibility index (Phi) is 6.29. The molecule has 5 heteroatoms. The van der Waals surface area contributed by atoms with Gasteiger partial charge in [-0.25, -0.2) is 0 Å². The lowest BCUT2D eigenvalue weighted by atomic mass is 10.4. The predicted molar refractivity (Wildman–Crippen MR) is 121 cm³/mol. The molecule has 3 rings (SSSR count). The molecule has 0 aliphatic heterocycles. The fourth-order valence-electron chi connectivity index (χ4n) is 3.41. The van der Waals surface area contributed by atoms with Crippen molar-refractivity contribution in [1.82, 2.24) is 0 Å². The van der Waals surface area contributed by atoms with Gasteiger partial charge < -0.3 is 8.23 Å². The maximum atomic E-state index is 6.97. The summed E-state index contributed by atoms with van der Waals surface area (Å²) in [7, 11) is -5.79. The minimum absolute atomic E-state index is 1.10. The fraction of sp³-hybridized carbons (Fsp3) is 0.182. The zero-order chi connectivity index (χ0) is 19.3. The second kappa shape index (κ2) is 8.50. The lowest BCUT2D eigenvalue weighted by Crippen LogP contribution is -2.64. The van der Waals surface area contributed by atoms with Crippen molar-refractivity contribution >= 4 is 41.5 Å². The lowest BCUT2D eigenvalue weighted by molar-refractivity contribution is 0.413. The van der Waals surface area contributed by atoms with E-state index in [1.165, 1.54) is 15.6 Å². The third kappa shape index (κ3) is 4.94. The molecule has 0 aliphatic carbocycles. The van der Waals surface area contributed by atoms with Gasteiger partial charge in [0.25, 0.3) is 0 Å². The van der Waals surface area contributed by atoms with E-state index in [2.05, 4.69) is 111 Å². The van der Waals surface area contributed by atoms with Gasteiger partial charge in [0.15, 0.2) is 0 Å². The number of benzene rings is 3. The predicted octanol–water partition coefficient (Wildman–Crippen LogP) is 3.64. The van der Waals surface area contributed by atoms with Gasteiger partial charge in [-0.05, 0) is 41.7 Å². The van der Waals surface area contributed by atoms with Crippen LogP contribution in [0.15, 0.2) is 91.0 Å². The molecule has 0 atom stereocenters. The summed E-state index contributed by atoms with van der Waals surface area (Å²) in [6.07, 6.45) is 0. The van der Waals surface area contributed by atoms with E-state index < -0.39 is 25.9 Å². The summed E-state index contributed by atoms with van der Waals surface area (Å²) in [5.74, 6) is 0. The third-order valence-electron chi connectivity index (χ3n) is 4.68. The summed E-state index contributed by atoms with van der Waals surface area (Å²) in [4.78, 5) is 0. The first-order chi connectivity index (χ1) is 12.9. The van der Waals surface area contributed by atoms with Crippen LogP contribution in [-0.2, 0) is 8.23 Å².